The van der Waals surface area contributed by atoms with E-state index in [4.69, 9.17) is 5.14 Å². The van der Waals surface area contributed by atoms with E-state index in [-0.39, 0.29) is 16.7 Å². The fraction of sp³-hybridized carbons (Fsp3) is 0.235. The molecule has 6 nitrogen and oxygen atoms in total. The second-order valence-corrected chi connectivity index (χ2v) is 7.33. The van der Waals surface area contributed by atoms with E-state index in [9.17, 15) is 17.6 Å². The summed E-state index contributed by atoms with van der Waals surface area (Å²) in [5, 5.41) is 7.91. The molecular formula is C17H20FN3O3S. The molecule has 3 N–H and O–H groups in total. The zero-order valence-electron chi connectivity index (χ0n) is 13.9. The van der Waals surface area contributed by atoms with Crippen molar-refractivity contribution in [3.8, 4) is 0 Å². The van der Waals surface area contributed by atoms with Crippen LogP contribution >= 0.6 is 0 Å². The fourth-order valence-corrected chi connectivity index (χ4v) is 2.84. The largest absolute Gasteiger partial charge is 0.331 e. The molecule has 0 aliphatic carbocycles. The number of urea groups is 1. The van der Waals surface area contributed by atoms with Gasteiger partial charge in [0, 0.05) is 13.6 Å². The minimum atomic E-state index is -3.80. The predicted molar refractivity (Wildman–Crippen MR) is 92.6 cm³/mol. The average molecular weight is 365 g/mol. The molecule has 8 heteroatoms. The zero-order valence-corrected chi connectivity index (χ0v) is 14.8. The van der Waals surface area contributed by atoms with E-state index in [1.54, 1.807) is 38.2 Å². The van der Waals surface area contributed by atoms with Crippen LogP contribution in [0.25, 0.3) is 0 Å². The van der Waals surface area contributed by atoms with E-state index in [0.29, 0.717) is 12.1 Å². The van der Waals surface area contributed by atoms with Gasteiger partial charge in [-0.2, -0.15) is 0 Å². The summed E-state index contributed by atoms with van der Waals surface area (Å²) in [5.41, 5.74) is 1.41. The lowest BCUT2D eigenvalue weighted by Gasteiger charge is -2.22. The Kier molecular flexibility index (Phi) is 5.76. The third kappa shape index (κ3) is 5.27. The van der Waals surface area contributed by atoms with Crippen LogP contribution in [0, 0.1) is 5.82 Å². The number of rotatable bonds is 5. The van der Waals surface area contributed by atoms with Gasteiger partial charge in [-0.05, 0) is 42.3 Å². The molecule has 2 amide bonds. The number of carbonyl (C=O) groups is 1. The molecule has 0 saturated carbocycles. The van der Waals surface area contributed by atoms with Gasteiger partial charge < -0.3 is 10.2 Å². The summed E-state index contributed by atoms with van der Waals surface area (Å²) in [5.74, 6) is -0.334. The summed E-state index contributed by atoms with van der Waals surface area (Å²) >= 11 is 0. The van der Waals surface area contributed by atoms with E-state index in [1.807, 2.05) is 0 Å². The Morgan fingerprint density at radius 1 is 1.24 bits per heavy atom. The molecule has 0 radical (unpaired) electrons. The van der Waals surface area contributed by atoms with Crippen LogP contribution in [-0.4, -0.2) is 26.4 Å². The Bertz CT molecular complexity index is 854. The quantitative estimate of drug-likeness (QED) is 0.852. The SMILES string of the molecule is CC(NC(=O)N(C)Cc1ccc(F)cc1)c1cccc(S(N)(=O)=O)c1. The summed E-state index contributed by atoms with van der Waals surface area (Å²) in [4.78, 5) is 13.7. The van der Waals surface area contributed by atoms with Crippen molar-refractivity contribution in [2.45, 2.75) is 24.4 Å². The van der Waals surface area contributed by atoms with Gasteiger partial charge in [-0.3, -0.25) is 0 Å². The maximum absolute atomic E-state index is 12.9. The number of carbonyl (C=O) groups excluding carboxylic acids is 1. The Morgan fingerprint density at radius 3 is 2.48 bits per heavy atom. The molecule has 0 aliphatic rings. The number of primary sulfonamides is 1. The van der Waals surface area contributed by atoms with Crippen LogP contribution in [0.1, 0.15) is 24.1 Å². The van der Waals surface area contributed by atoms with Crippen LogP contribution in [0.15, 0.2) is 53.4 Å². The Balaban J connectivity index is 2.03. The Hall–Kier alpha value is -2.45. The maximum Gasteiger partial charge on any atom is 0.317 e. The minimum Gasteiger partial charge on any atom is -0.331 e. The molecule has 0 aliphatic heterocycles. The van der Waals surface area contributed by atoms with E-state index in [1.165, 1.54) is 29.2 Å². The summed E-state index contributed by atoms with van der Waals surface area (Å²) in [6.07, 6.45) is 0. The normalized spacial score (nSPS) is 12.5. The second kappa shape index (κ2) is 7.62. The van der Waals surface area contributed by atoms with Gasteiger partial charge in [0.2, 0.25) is 10.0 Å². The lowest BCUT2D eigenvalue weighted by Crippen LogP contribution is -2.38. The van der Waals surface area contributed by atoms with Gasteiger partial charge in [-0.1, -0.05) is 24.3 Å². The van der Waals surface area contributed by atoms with Gasteiger partial charge >= 0.3 is 6.03 Å². The summed E-state index contributed by atoms with van der Waals surface area (Å²) in [6, 6.07) is 11.2. The Labute approximate surface area is 146 Å². The van der Waals surface area contributed by atoms with E-state index >= 15 is 0 Å². The monoisotopic (exact) mass is 365 g/mol. The van der Waals surface area contributed by atoms with Gasteiger partial charge in [0.15, 0.2) is 0 Å². The van der Waals surface area contributed by atoms with Crippen molar-refractivity contribution in [2.75, 3.05) is 7.05 Å². The van der Waals surface area contributed by atoms with Gasteiger partial charge in [-0.25, -0.2) is 22.7 Å². The molecule has 25 heavy (non-hydrogen) atoms. The van der Waals surface area contributed by atoms with Crippen LogP contribution in [0.4, 0.5) is 9.18 Å². The van der Waals surface area contributed by atoms with Crippen molar-refractivity contribution in [1.82, 2.24) is 10.2 Å². The third-order valence-electron chi connectivity index (χ3n) is 3.71. The standard InChI is InChI=1S/C17H20FN3O3S/c1-12(14-4-3-5-16(10-14)25(19,23)24)20-17(22)21(2)11-13-6-8-15(18)9-7-13/h3-10,12H,11H2,1-2H3,(H,20,22)(H2,19,23,24). The van der Waals surface area contributed by atoms with E-state index in [2.05, 4.69) is 5.32 Å². The summed E-state index contributed by atoms with van der Waals surface area (Å²) in [6.45, 7) is 2.06. The molecule has 0 saturated heterocycles. The average Bonchev–Trinajstić information content (AvgIpc) is 2.56. The topological polar surface area (TPSA) is 92.5 Å². The van der Waals surface area contributed by atoms with Crippen LogP contribution < -0.4 is 10.5 Å². The highest BCUT2D eigenvalue weighted by Crippen LogP contribution is 2.17. The third-order valence-corrected chi connectivity index (χ3v) is 4.62. The number of hydrogen-bond donors (Lipinski definition) is 2. The first kappa shape index (κ1) is 18.9. The molecule has 2 rings (SSSR count). The number of benzene rings is 2. The highest BCUT2D eigenvalue weighted by molar-refractivity contribution is 7.89. The number of nitrogens with zero attached hydrogens (tertiary/aromatic N) is 1. The molecule has 0 fully saturated rings. The first-order valence-electron chi connectivity index (χ1n) is 7.55. The van der Waals surface area contributed by atoms with Crippen molar-refractivity contribution in [1.29, 1.82) is 0 Å². The number of sulfonamides is 1. The van der Waals surface area contributed by atoms with E-state index < -0.39 is 16.1 Å². The molecule has 1 atom stereocenters. The fourth-order valence-electron chi connectivity index (χ4n) is 2.28. The molecule has 1 unspecified atom stereocenters. The smallest absolute Gasteiger partial charge is 0.317 e. The first-order valence-corrected chi connectivity index (χ1v) is 9.10. The minimum absolute atomic E-state index is 0.00855. The van der Waals surface area contributed by atoms with Crippen molar-refractivity contribution < 1.29 is 17.6 Å². The molecule has 2 aromatic carbocycles. The van der Waals surface area contributed by atoms with Gasteiger partial charge in [-0.15, -0.1) is 0 Å². The highest BCUT2D eigenvalue weighted by atomic mass is 32.2. The number of nitrogens with two attached hydrogens (primary N) is 1. The number of hydrogen-bond acceptors (Lipinski definition) is 3. The second-order valence-electron chi connectivity index (χ2n) is 5.77. The van der Waals surface area contributed by atoms with Crippen molar-refractivity contribution in [3.05, 3.63) is 65.5 Å². The first-order chi connectivity index (χ1) is 11.7. The van der Waals surface area contributed by atoms with Crippen molar-refractivity contribution in [2.24, 2.45) is 5.14 Å². The molecule has 0 aromatic heterocycles. The number of amides is 2. The summed E-state index contributed by atoms with van der Waals surface area (Å²) < 4.78 is 35.8. The number of nitrogens with one attached hydrogen (secondary N) is 1. The zero-order chi connectivity index (χ0) is 18.6. The van der Waals surface area contributed by atoms with Crippen molar-refractivity contribution in [3.63, 3.8) is 0 Å². The van der Waals surface area contributed by atoms with Gasteiger partial charge in [0.1, 0.15) is 5.82 Å². The molecule has 0 bridgehead atoms. The van der Waals surface area contributed by atoms with E-state index in [0.717, 1.165) is 5.56 Å². The maximum atomic E-state index is 12.9. The van der Waals surface area contributed by atoms with Gasteiger partial charge in [0.05, 0.1) is 10.9 Å². The van der Waals surface area contributed by atoms with Crippen LogP contribution in [0.3, 0.4) is 0 Å². The van der Waals surface area contributed by atoms with Crippen LogP contribution in [0.5, 0.6) is 0 Å². The molecule has 2 aromatic rings. The highest BCUT2D eigenvalue weighted by Gasteiger charge is 2.16. The van der Waals surface area contributed by atoms with Crippen LogP contribution in [0.2, 0.25) is 0 Å². The van der Waals surface area contributed by atoms with Crippen LogP contribution in [-0.2, 0) is 16.6 Å². The van der Waals surface area contributed by atoms with Gasteiger partial charge in [0.25, 0.3) is 0 Å². The van der Waals surface area contributed by atoms with Crippen molar-refractivity contribution >= 4 is 16.1 Å². The Morgan fingerprint density at radius 2 is 1.88 bits per heavy atom. The lowest BCUT2D eigenvalue weighted by molar-refractivity contribution is 0.203. The molecule has 134 valence electrons. The molecular weight excluding hydrogens is 345 g/mol. The summed E-state index contributed by atoms with van der Waals surface area (Å²) in [7, 11) is -2.18. The predicted octanol–water partition coefficient (Wildman–Crippen LogP) is 2.38. The molecule has 0 spiro atoms. The lowest BCUT2D eigenvalue weighted by atomic mass is 10.1. The number of halogens is 1. The molecule has 0 heterocycles.